The Balaban J connectivity index is 2.12. The van der Waals surface area contributed by atoms with Crippen molar-refractivity contribution in [1.82, 2.24) is 0 Å². The van der Waals surface area contributed by atoms with Crippen LogP contribution in [0.2, 0.25) is 19.6 Å². The molecule has 0 aliphatic heterocycles. The Bertz CT molecular complexity index is 446. The first kappa shape index (κ1) is 13.1. The first-order chi connectivity index (χ1) is 8.31. The van der Waals surface area contributed by atoms with E-state index in [9.17, 15) is 4.79 Å². The molecule has 1 aliphatic rings. The average molecular weight is 265 g/mol. The van der Waals surface area contributed by atoms with Crippen molar-refractivity contribution in [3.63, 3.8) is 0 Å². The smallest absolute Gasteiger partial charge is 0.409 e. The van der Waals surface area contributed by atoms with Gasteiger partial charge in [-0.3, -0.25) is 0 Å². The molecule has 1 aromatic carbocycles. The molecule has 4 nitrogen and oxygen atoms in total. The first-order valence-electron chi connectivity index (χ1n) is 6.09. The SMILES string of the molecule is C[Si](C)(C)OC1(c2ccc(OC(N)=O)cc2)CC1. The van der Waals surface area contributed by atoms with Crippen LogP contribution >= 0.6 is 0 Å². The largest absolute Gasteiger partial charge is 0.411 e. The summed E-state index contributed by atoms with van der Waals surface area (Å²) in [7, 11) is -1.56. The number of primary amides is 1. The molecular weight excluding hydrogens is 246 g/mol. The summed E-state index contributed by atoms with van der Waals surface area (Å²) in [5.41, 5.74) is 6.02. The number of hydrogen-bond acceptors (Lipinski definition) is 3. The summed E-state index contributed by atoms with van der Waals surface area (Å²) >= 11 is 0. The monoisotopic (exact) mass is 265 g/mol. The Kier molecular flexibility index (Phi) is 3.21. The maximum absolute atomic E-state index is 10.6. The molecular formula is C13H19NO3Si. The van der Waals surface area contributed by atoms with Gasteiger partial charge in [0.05, 0.1) is 5.60 Å². The Morgan fingerprint density at radius 2 is 1.78 bits per heavy atom. The van der Waals surface area contributed by atoms with Crippen molar-refractivity contribution < 1.29 is 14.0 Å². The lowest BCUT2D eigenvalue weighted by molar-refractivity contribution is 0.172. The quantitative estimate of drug-likeness (QED) is 0.851. The third kappa shape index (κ3) is 3.11. The topological polar surface area (TPSA) is 61.6 Å². The molecule has 0 saturated heterocycles. The maximum Gasteiger partial charge on any atom is 0.409 e. The molecule has 0 radical (unpaired) electrons. The molecule has 1 saturated carbocycles. The van der Waals surface area contributed by atoms with E-state index < -0.39 is 14.4 Å². The molecule has 5 heteroatoms. The van der Waals surface area contributed by atoms with Gasteiger partial charge in [0.15, 0.2) is 8.32 Å². The number of nitrogens with two attached hydrogens (primary N) is 1. The Hall–Kier alpha value is -1.33. The molecule has 0 aromatic heterocycles. The van der Waals surface area contributed by atoms with Crippen LogP contribution in [0, 0.1) is 0 Å². The van der Waals surface area contributed by atoms with Crippen molar-refractivity contribution in [3.05, 3.63) is 29.8 Å². The highest BCUT2D eigenvalue weighted by atomic mass is 28.4. The van der Waals surface area contributed by atoms with Gasteiger partial charge in [-0.2, -0.15) is 0 Å². The second-order valence-corrected chi connectivity index (χ2v) is 10.1. The fourth-order valence-electron chi connectivity index (χ4n) is 2.09. The van der Waals surface area contributed by atoms with Crippen molar-refractivity contribution in [3.8, 4) is 5.75 Å². The van der Waals surface area contributed by atoms with Crippen LogP contribution in [0.3, 0.4) is 0 Å². The van der Waals surface area contributed by atoms with Crippen LogP contribution in [0.5, 0.6) is 5.75 Å². The van der Waals surface area contributed by atoms with Crippen molar-refractivity contribution in [2.24, 2.45) is 5.73 Å². The van der Waals surface area contributed by atoms with Gasteiger partial charge < -0.3 is 14.9 Å². The highest BCUT2D eigenvalue weighted by molar-refractivity contribution is 6.69. The molecule has 1 amide bonds. The number of ether oxygens (including phenoxy) is 1. The number of carbonyl (C=O) groups is 1. The van der Waals surface area contributed by atoms with Crippen LogP contribution in [-0.4, -0.2) is 14.4 Å². The summed E-state index contributed by atoms with van der Waals surface area (Å²) in [6.45, 7) is 6.58. The van der Waals surface area contributed by atoms with Gasteiger partial charge in [-0.15, -0.1) is 0 Å². The van der Waals surface area contributed by atoms with Gasteiger partial charge in [-0.05, 0) is 50.2 Å². The number of rotatable bonds is 4. The van der Waals surface area contributed by atoms with Gasteiger partial charge in [-0.1, -0.05) is 12.1 Å². The van der Waals surface area contributed by atoms with Gasteiger partial charge in [-0.25, -0.2) is 4.79 Å². The van der Waals surface area contributed by atoms with Crippen molar-refractivity contribution >= 4 is 14.4 Å². The summed E-state index contributed by atoms with van der Waals surface area (Å²) in [4.78, 5) is 10.6. The Labute approximate surface area is 108 Å². The van der Waals surface area contributed by atoms with Crippen LogP contribution in [-0.2, 0) is 10.0 Å². The lowest BCUT2D eigenvalue weighted by atomic mass is 10.1. The van der Waals surface area contributed by atoms with Crippen LogP contribution in [0.4, 0.5) is 4.79 Å². The van der Waals surface area contributed by atoms with E-state index >= 15 is 0 Å². The Morgan fingerprint density at radius 3 is 2.17 bits per heavy atom. The van der Waals surface area contributed by atoms with Gasteiger partial charge in [0, 0.05) is 0 Å². The zero-order valence-electron chi connectivity index (χ0n) is 11.0. The molecule has 1 aliphatic carbocycles. The van der Waals surface area contributed by atoms with Crippen molar-refractivity contribution in [2.75, 3.05) is 0 Å². The minimum atomic E-state index is -1.56. The van der Waals surface area contributed by atoms with Crippen LogP contribution in [0.15, 0.2) is 24.3 Å². The summed E-state index contributed by atoms with van der Waals surface area (Å²) in [6.07, 6.45) is 1.34. The minimum absolute atomic E-state index is 0.101. The number of carbonyl (C=O) groups excluding carboxylic acids is 1. The summed E-state index contributed by atoms with van der Waals surface area (Å²) < 4.78 is 11.1. The van der Waals surface area contributed by atoms with E-state index in [0.717, 1.165) is 18.4 Å². The fraction of sp³-hybridized carbons (Fsp3) is 0.462. The van der Waals surface area contributed by atoms with E-state index in [1.54, 1.807) is 12.1 Å². The molecule has 98 valence electrons. The second-order valence-electron chi connectivity index (χ2n) is 5.65. The molecule has 1 fully saturated rings. The highest BCUT2D eigenvalue weighted by Crippen LogP contribution is 2.51. The normalized spacial score (nSPS) is 17.3. The Morgan fingerprint density at radius 1 is 1.22 bits per heavy atom. The van der Waals surface area contributed by atoms with E-state index in [1.807, 2.05) is 12.1 Å². The predicted octanol–water partition coefficient (Wildman–Crippen LogP) is 2.98. The number of hydrogen-bond donors (Lipinski definition) is 1. The molecule has 0 bridgehead atoms. The van der Waals surface area contributed by atoms with E-state index in [-0.39, 0.29) is 5.60 Å². The lowest BCUT2D eigenvalue weighted by Crippen LogP contribution is -2.32. The molecule has 0 heterocycles. The fourth-order valence-corrected chi connectivity index (χ4v) is 3.59. The third-order valence-electron chi connectivity index (χ3n) is 2.80. The van der Waals surface area contributed by atoms with Crippen molar-refractivity contribution in [2.45, 2.75) is 38.1 Å². The molecule has 0 unspecified atom stereocenters. The number of amides is 1. The highest BCUT2D eigenvalue weighted by Gasteiger charge is 2.48. The standard InChI is InChI=1S/C13H19NO3Si/c1-18(2,3)17-13(8-9-13)10-4-6-11(7-5-10)16-12(14)15/h4-7H,8-9H2,1-3H3,(H2,14,15). The molecule has 0 spiro atoms. The van der Waals surface area contributed by atoms with E-state index in [2.05, 4.69) is 19.6 Å². The zero-order valence-corrected chi connectivity index (χ0v) is 12.0. The van der Waals surface area contributed by atoms with Crippen LogP contribution in [0.1, 0.15) is 18.4 Å². The van der Waals surface area contributed by atoms with Gasteiger partial charge >= 0.3 is 6.09 Å². The van der Waals surface area contributed by atoms with Gasteiger partial charge in [0.1, 0.15) is 5.75 Å². The molecule has 18 heavy (non-hydrogen) atoms. The van der Waals surface area contributed by atoms with E-state index in [0.29, 0.717) is 5.75 Å². The second kappa shape index (κ2) is 4.40. The van der Waals surface area contributed by atoms with Crippen LogP contribution in [0.25, 0.3) is 0 Å². The first-order valence-corrected chi connectivity index (χ1v) is 9.50. The summed E-state index contributed by atoms with van der Waals surface area (Å²) in [5, 5.41) is 0. The average Bonchev–Trinajstić information content (AvgIpc) is 2.96. The molecule has 0 atom stereocenters. The number of benzene rings is 1. The van der Waals surface area contributed by atoms with Gasteiger partial charge in [0.25, 0.3) is 0 Å². The third-order valence-corrected chi connectivity index (χ3v) is 3.81. The van der Waals surface area contributed by atoms with E-state index in [4.69, 9.17) is 14.9 Å². The summed E-state index contributed by atoms with van der Waals surface area (Å²) in [6, 6.07) is 7.41. The summed E-state index contributed by atoms with van der Waals surface area (Å²) in [5.74, 6) is 0.468. The predicted molar refractivity (Wildman–Crippen MR) is 72.0 cm³/mol. The molecule has 2 N–H and O–H groups in total. The maximum atomic E-state index is 10.6. The van der Waals surface area contributed by atoms with Crippen molar-refractivity contribution in [1.29, 1.82) is 0 Å². The van der Waals surface area contributed by atoms with E-state index in [1.165, 1.54) is 0 Å². The van der Waals surface area contributed by atoms with Crippen LogP contribution < -0.4 is 10.5 Å². The lowest BCUT2D eigenvalue weighted by Gasteiger charge is -2.26. The van der Waals surface area contributed by atoms with Gasteiger partial charge in [0.2, 0.25) is 0 Å². The minimum Gasteiger partial charge on any atom is -0.411 e. The molecule has 2 rings (SSSR count). The zero-order chi connectivity index (χ0) is 13.4. The molecule has 1 aromatic rings.